The number of benzene rings is 1. The van der Waals surface area contributed by atoms with Gasteiger partial charge in [-0.2, -0.15) is 0 Å². The van der Waals surface area contributed by atoms with Gasteiger partial charge in [0.2, 0.25) is 0 Å². The van der Waals surface area contributed by atoms with Crippen molar-refractivity contribution in [3.8, 4) is 5.75 Å². The van der Waals surface area contributed by atoms with Gasteiger partial charge in [0.1, 0.15) is 11.6 Å². The number of hydrogen-bond acceptors (Lipinski definition) is 4. The molecule has 0 aliphatic heterocycles. The zero-order chi connectivity index (χ0) is 12.8. The molecule has 1 atom stereocenters. The molecule has 0 heterocycles. The Morgan fingerprint density at radius 2 is 2.18 bits per heavy atom. The monoisotopic (exact) mass is 241 g/mol. The van der Waals surface area contributed by atoms with Gasteiger partial charge in [0.25, 0.3) is 0 Å². The highest BCUT2D eigenvalue weighted by molar-refractivity contribution is 5.70. The van der Waals surface area contributed by atoms with E-state index in [1.54, 1.807) is 6.07 Å². The number of methoxy groups -OCH3 is 2. The molecule has 0 saturated heterocycles. The van der Waals surface area contributed by atoms with Crippen molar-refractivity contribution in [3.05, 3.63) is 24.0 Å². The Bertz CT molecular complexity index is 395. The van der Waals surface area contributed by atoms with Gasteiger partial charge >= 0.3 is 5.97 Å². The molecule has 0 bridgehead atoms. The van der Waals surface area contributed by atoms with Crippen molar-refractivity contribution in [2.75, 3.05) is 19.5 Å². The molecular weight excluding hydrogens is 225 g/mol. The average Bonchev–Trinajstić information content (AvgIpc) is 2.31. The maximum Gasteiger partial charge on any atom is 0.307 e. The summed E-state index contributed by atoms with van der Waals surface area (Å²) < 4.78 is 22.6. The number of nitrogens with one attached hydrogen (secondary N) is 1. The summed E-state index contributed by atoms with van der Waals surface area (Å²) in [6.07, 6.45) is 0.233. The molecule has 0 fully saturated rings. The van der Waals surface area contributed by atoms with Gasteiger partial charge in [-0.15, -0.1) is 0 Å². The molecule has 0 amide bonds. The van der Waals surface area contributed by atoms with E-state index in [4.69, 9.17) is 4.74 Å². The van der Waals surface area contributed by atoms with Crippen LogP contribution in [0.1, 0.15) is 13.3 Å². The van der Waals surface area contributed by atoms with Gasteiger partial charge < -0.3 is 14.8 Å². The maximum absolute atomic E-state index is 13.0. The SMILES string of the molecule is COC(=O)CC(C)Nc1ccc(F)cc1OC. The van der Waals surface area contributed by atoms with Crippen LogP contribution in [0, 0.1) is 5.82 Å². The molecule has 1 unspecified atom stereocenters. The maximum atomic E-state index is 13.0. The van der Waals surface area contributed by atoms with Crippen LogP contribution in [0.25, 0.3) is 0 Å². The quantitative estimate of drug-likeness (QED) is 0.803. The molecule has 0 spiro atoms. The number of hydrogen-bond donors (Lipinski definition) is 1. The molecule has 1 rings (SSSR count). The van der Waals surface area contributed by atoms with Crippen LogP contribution >= 0.6 is 0 Å². The van der Waals surface area contributed by atoms with Crippen LogP contribution in [0.3, 0.4) is 0 Å². The molecule has 0 aliphatic rings. The molecule has 4 nitrogen and oxygen atoms in total. The molecule has 1 aromatic rings. The Hall–Kier alpha value is -1.78. The average molecular weight is 241 g/mol. The minimum absolute atomic E-state index is 0.123. The zero-order valence-corrected chi connectivity index (χ0v) is 10.1. The Labute approximate surface area is 99.7 Å². The van der Waals surface area contributed by atoms with Crippen molar-refractivity contribution in [1.29, 1.82) is 0 Å². The van der Waals surface area contributed by atoms with Crippen LogP contribution in [0.15, 0.2) is 18.2 Å². The summed E-state index contributed by atoms with van der Waals surface area (Å²) in [4.78, 5) is 11.1. The summed E-state index contributed by atoms with van der Waals surface area (Å²) in [6, 6.07) is 4.06. The summed E-state index contributed by atoms with van der Waals surface area (Å²) in [5.74, 6) is -0.263. The second-order valence-electron chi connectivity index (χ2n) is 3.67. The Morgan fingerprint density at radius 1 is 1.47 bits per heavy atom. The first-order chi connectivity index (χ1) is 8.06. The molecule has 0 radical (unpaired) electrons. The van der Waals surface area contributed by atoms with Gasteiger partial charge in [0.15, 0.2) is 0 Å². The van der Waals surface area contributed by atoms with Crippen molar-refractivity contribution >= 4 is 11.7 Å². The topological polar surface area (TPSA) is 47.6 Å². The van der Waals surface area contributed by atoms with Gasteiger partial charge in [0, 0.05) is 12.1 Å². The predicted octanol–water partition coefficient (Wildman–Crippen LogP) is 2.20. The van der Waals surface area contributed by atoms with Crippen molar-refractivity contribution in [2.45, 2.75) is 19.4 Å². The fourth-order valence-corrected chi connectivity index (χ4v) is 1.43. The third-order valence-electron chi connectivity index (χ3n) is 2.27. The van der Waals surface area contributed by atoms with Crippen LogP contribution < -0.4 is 10.1 Å². The Balaban J connectivity index is 2.70. The minimum Gasteiger partial charge on any atom is -0.494 e. The highest BCUT2D eigenvalue weighted by Crippen LogP contribution is 2.25. The third kappa shape index (κ3) is 3.94. The Kier molecular flexibility index (Phi) is 4.75. The lowest BCUT2D eigenvalue weighted by Gasteiger charge is -2.16. The standard InChI is InChI=1S/C12H16FNO3/c1-8(6-12(15)17-3)14-10-5-4-9(13)7-11(10)16-2/h4-5,7-8,14H,6H2,1-3H3. The van der Waals surface area contributed by atoms with Gasteiger partial charge in [-0.1, -0.05) is 0 Å². The van der Waals surface area contributed by atoms with Gasteiger partial charge in [-0.3, -0.25) is 4.79 Å². The van der Waals surface area contributed by atoms with E-state index in [9.17, 15) is 9.18 Å². The fourth-order valence-electron chi connectivity index (χ4n) is 1.43. The first-order valence-corrected chi connectivity index (χ1v) is 5.23. The molecule has 1 aromatic carbocycles. The minimum atomic E-state index is -0.368. The number of rotatable bonds is 5. The van der Waals surface area contributed by atoms with Crippen molar-refractivity contribution in [2.24, 2.45) is 0 Å². The lowest BCUT2D eigenvalue weighted by Crippen LogP contribution is -2.20. The summed E-state index contributed by atoms with van der Waals surface area (Å²) in [5.41, 5.74) is 0.644. The highest BCUT2D eigenvalue weighted by atomic mass is 19.1. The van der Waals surface area contributed by atoms with Gasteiger partial charge in [-0.05, 0) is 19.1 Å². The van der Waals surface area contributed by atoms with E-state index < -0.39 is 0 Å². The normalized spacial score (nSPS) is 11.8. The third-order valence-corrected chi connectivity index (χ3v) is 2.27. The first-order valence-electron chi connectivity index (χ1n) is 5.23. The van der Waals surface area contributed by atoms with E-state index in [1.165, 1.54) is 26.4 Å². The number of carbonyl (C=O) groups excluding carboxylic acids is 1. The summed E-state index contributed by atoms with van der Waals surface area (Å²) in [6.45, 7) is 1.83. The van der Waals surface area contributed by atoms with Crippen LogP contribution in [0.2, 0.25) is 0 Å². The van der Waals surface area contributed by atoms with Gasteiger partial charge in [-0.25, -0.2) is 4.39 Å². The molecule has 5 heteroatoms. The van der Waals surface area contributed by atoms with E-state index in [-0.39, 0.29) is 24.2 Å². The van der Waals surface area contributed by atoms with E-state index in [2.05, 4.69) is 10.1 Å². The lowest BCUT2D eigenvalue weighted by molar-refractivity contribution is -0.140. The van der Waals surface area contributed by atoms with E-state index in [0.29, 0.717) is 11.4 Å². The second-order valence-corrected chi connectivity index (χ2v) is 3.67. The second kappa shape index (κ2) is 6.08. The molecule has 0 aliphatic carbocycles. The van der Waals surface area contributed by atoms with E-state index in [0.717, 1.165) is 0 Å². The first kappa shape index (κ1) is 13.3. The Morgan fingerprint density at radius 3 is 2.76 bits per heavy atom. The summed E-state index contributed by atoms with van der Waals surface area (Å²) >= 11 is 0. The molecule has 1 N–H and O–H groups in total. The fraction of sp³-hybridized carbons (Fsp3) is 0.417. The number of carbonyl (C=O) groups is 1. The predicted molar refractivity (Wildman–Crippen MR) is 62.7 cm³/mol. The number of halogens is 1. The largest absolute Gasteiger partial charge is 0.494 e. The number of ether oxygens (including phenoxy) is 2. The molecular formula is C12H16FNO3. The van der Waals surface area contributed by atoms with Gasteiger partial charge in [0.05, 0.1) is 26.3 Å². The lowest BCUT2D eigenvalue weighted by atomic mass is 10.2. The number of anilines is 1. The van der Waals surface area contributed by atoms with E-state index >= 15 is 0 Å². The van der Waals surface area contributed by atoms with Crippen LogP contribution in [-0.2, 0) is 9.53 Å². The molecule has 17 heavy (non-hydrogen) atoms. The van der Waals surface area contributed by atoms with Crippen LogP contribution in [-0.4, -0.2) is 26.2 Å². The molecule has 0 saturated carbocycles. The highest BCUT2D eigenvalue weighted by Gasteiger charge is 2.11. The molecule has 94 valence electrons. The van der Waals surface area contributed by atoms with E-state index in [1.807, 2.05) is 6.92 Å². The van der Waals surface area contributed by atoms with Crippen molar-refractivity contribution in [3.63, 3.8) is 0 Å². The number of esters is 1. The van der Waals surface area contributed by atoms with Crippen molar-refractivity contribution in [1.82, 2.24) is 0 Å². The van der Waals surface area contributed by atoms with Crippen LogP contribution in [0.5, 0.6) is 5.75 Å². The summed E-state index contributed by atoms with van der Waals surface area (Å²) in [7, 11) is 2.80. The van der Waals surface area contributed by atoms with Crippen LogP contribution in [0.4, 0.5) is 10.1 Å². The zero-order valence-electron chi connectivity index (χ0n) is 10.1. The molecule has 0 aromatic heterocycles. The smallest absolute Gasteiger partial charge is 0.307 e. The van der Waals surface area contributed by atoms with Crippen molar-refractivity contribution < 1.29 is 18.7 Å². The summed E-state index contributed by atoms with van der Waals surface area (Å²) in [5, 5.41) is 3.06.